The third kappa shape index (κ3) is 5.97. The summed E-state index contributed by atoms with van der Waals surface area (Å²) < 4.78 is 25.6. The zero-order valence-corrected chi connectivity index (χ0v) is 21.4. The van der Waals surface area contributed by atoms with Crippen LogP contribution in [0.15, 0.2) is 36.7 Å². The molecule has 0 atom stereocenters. The van der Waals surface area contributed by atoms with Crippen molar-refractivity contribution in [1.82, 2.24) is 25.1 Å². The van der Waals surface area contributed by atoms with E-state index in [1.165, 1.54) is 18.5 Å². The van der Waals surface area contributed by atoms with E-state index in [1.54, 1.807) is 13.2 Å². The van der Waals surface area contributed by atoms with Crippen LogP contribution >= 0.6 is 11.6 Å². The number of carbonyl (C=O) groups is 1. The third-order valence-electron chi connectivity index (χ3n) is 6.79. The van der Waals surface area contributed by atoms with Crippen LogP contribution < -0.4 is 20.1 Å². The minimum absolute atomic E-state index is 0.0274. The van der Waals surface area contributed by atoms with E-state index in [0.717, 1.165) is 63.9 Å². The number of nitrogens with one attached hydrogen (secondary N) is 2. The molecule has 9 nitrogen and oxygen atoms in total. The van der Waals surface area contributed by atoms with Crippen molar-refractivity contribution < 1.29 is 18.7 Å². The lowest BCUT2D eigenvalue weighted by Crippen LogP contribution is -2.50. The number of nitrogens with zero attached hydrogens (tertiary/aromatic N) is 4. The Kier molecular flexibility index (Phi) is 7.76. The highest BCUT2D eigenvalue weighted by Gasteiger charge is 2.24. The van der Waals surface area contributed by atoms with Gasteiger partial charge in [-0.2, -0.15) is 0 Å². The largest absolute Gasteiger partial charge is 0.493 e. The Balaban J connectivity index is 1.25. The van der Waals surface area contributed by atoms with Crippen LogP contribution in [0, 0.1) is 5.82 Å². The predicted molar refractivity (Wildman–Crippen MR) is 140 cm³/mol. The minimum atomic E-state index is -0.483. The average molecular weight is 529 g/mol. The number of benzene rings is 2. The van der Waals surface area contributed by atoms with E-state index < -0.39 is 5.82 Å². The van der Waals surface area contributed by atoms with Crippen molar-refractivity contribution in [3.8, 4) is 11.5 Å². The average Bonchev–Trinajstić information content (AvgIpc) is 2.91. The summed E-state index contributed by atoms with van der Waals surface area (Å²) in [7, 11) is 1.61. The Hall–Kier alpha value is -3.37. The fraction of sp³-hybridized carbons (Fsp3) is 0.423. The van der Waals surface area contributed by atoms with Gasteiger partial charge in [-0.1, -0.05) is 11.6 Å². The molecular weight excluding hydrogens is 499 g/mol. The molecule has 1 aromatic heterocycles. The van der Waals surface area contributed by atoms with Crippen LogP contribution in [0.4, 0.5) is 20.7 Å². The number of aromatic nitrogens is 2. The Labute approximate surface area is 219 Å². The lowest BCUT2D eigenvalue weighted by atomic mass is 10.1. The van der Waals surface area contributed by atoms with Crippen LogP contribution in [0.2, 0.25) is 5.02 Å². The van der Waals surface area contributed by atoms with Crippen LogP contribution in [-0.4, -0.2) is 78.3 Å². The molecule has 2 saturated heterocycles. The van der Waals surface area contributed by atoms with Crippen LogP contribution in [0.25, 0.3) is 10.9 Å². The van der Waals surface area contributed by atoms with Crippen molar-refractivity contribution in [2.24, 2.45) is 0 Å². The standard InChI is InChI=1S/C26H30ClFN6O3/c1-36-23-15-22-19(25(31-16-30-22)32-17-3-4-21(28)20(27)13-17)14-24(23)37-18-5-9-33(10-6-18)11-12-34-8-2-7-29-26(34)35/h3-4,13-16,18H,2,5-12H2,1H3,(H,29,35)(H,30,31,32). The summed E-state index contributed by atoms with van der Waals surface area (Å²) in [6.07, 6.45) is 4.24. The van der Waals surface area contributed by atoms with E-state index >= 15 is 0 Å². The van der Waals surface area contributed by atoms with Gasteiger partial charge in [0.2, 0.25) is 0 Å². The molecule has 2 aliphatic rings. The number of urea groups is 1. The van der Waals surface area contributed by atoms with E-state index in [2.05, 4.69) is 25.5 Å². The molecule has 2 amide bonds. The summed E-state index contributed by atoms with van der Waals surface area (Å²) in [6, 6.07) is 8.16. The quantitative estimate of drug-likeness (QED) is 0.447. The van der Waals surface area contributed by atoms with E-state index in [-0.39, 0.29) is 17.2 Å². The second kappa shape index (κ2) is 11.4. The highest BCUT2D eigenvalue weighted by atomic mass is 35.5. The summed E-state index contributed by atoms with van der Waals surface area (Å²) >= 11 is 5.94. The van der Waals surface area contributed by atoms with E-state index in [4.69, 9.17) is 21.1 Å². The van der Waals surface area contributed by atoms with Crippen molar-refractivity contribution in [3.63, 3.8) is 0 Å². The fourth-order valence-electron chi connectivity index (χ4n) is 4.71. The number of fused-ring (bicyclic) bond motifs is 1. The second-order valence-electron chi connectivity index (χ2n) is 9.23. The van der Waals surface area contributed by atoms with Crippen LogP contribution in [0.5, 0.6) is 11.5 Å². The van der Waals surface area contributed by atoms with Gasteiger partial charge in [-0.3, -0.25) is 0 Å². The maximum Gasteiger partial charge on any atom is 0.317 e. The van der Waals surface area contributed by atoms with Crippen molar-refractivity contribution in [1.29, 1.82) is 0 Å². The zero-order valence-electron chi connectivity index (χ0n) is 20.7. The molecule has 0 saturated carbocycles. The Morgan fingerprint density at radius 1 is 1.14 bits per heavy atom. The number of piperidine rings is 1. The topological polar surface area (TPSA) is 91.9 Å². The number of anilines is 2. The van der Waals surface area contributed by atoms with E-state index in [1.807, 2.05) is 17.0 Å². The normalized spacial score (nSPS) is 17.1. The number of amides is 2. The molecule has 5 rings (SSSR count). The molecule has 11 heteroatoms. The minimum Gasteiger partial charge on any atom is -0.493 e. The first-order valence-electron chi connectivity index (χ1n) is 12.5. The predicted octanol–water partition coefficient (Wildman–Crippen LogP) is 4.43. The van der Waals surface area contributed by atoms with E-state index in [0.29, 0.717) is 28.5 Å². The monoisotopic (exact) mass is 528 g/mol. The molecule has 196 valence electrons. The summed E-state index contributed by atoms with van der Waals surface area (Å²) in [5, 5.41) is 6.87. The van der Waals surface area contributed by atoms with Gasteiger partial charge in [-0.25, -0.2) is 19.2 Å². The third-order valence-corrected chi connectivity index (χ3v) is 7.08. The first-order valence-corrected chi connectivity index (χ1v) is 12.8. The number of hydrogen-bond donors (Lipinski definition) is 2. The molecule has 2 N–H and O–H groups in total. The number of carbonyl (C=O) groups excluding carboxylic acids is 1. The molecule has 3 heterocycles. The number of methoxy groups -OCH3 is 1. The molecule has 0 radical (unpaired) electrons. The molecule has 37 heavy (non-hydrogen) atoms. The number of halogens is 2. The lowest BCUT2D eigenvalue weighted by Gasteiger charge is -2.34. The van der Waals surface area contributed by atoms with Gasteiger partial charge in [0.25, 0.3) is 0 Å². The van der Waals surface area contributed by atoms with Crippen molar-refractivity contribution in [2.75, 3.05) is 51.7 Å². The summed E-state index contributed by atoms with van der Waals surface area (Å²) in [5.74, 6) is 1.29. The highest BCUT2D eigenvalue weighted by molar-refractivity contribution is 6.31. The van der Waals surface area contributed by atoms with Gasteiger partial charge < -0.3 is 29.9 Å². The Morgan fingerprint density at radius 2 is 1.97 bits per heavy atom. The number of likely N-dealkylation sites (tertiary alicyclic amines) is 1. The van der Waals surface area contributed by atoms with Gasteiger partial charge in [0.05, 0.1) is 17.6 Å². The molecule has 0 aliphatic carbocycles. The summed E-state index contributed by atoms with van der Waals surface area (Å²) in [4.78, 5) is 25.0. The van der Waals surface area contributed by atoms with Gasteiger partial charge in [0.15, 0.2) is 11.5 Å². The van der Waals surface area contributed by atoms with Crippen molar-refractivity contribution >= 4 is 40.0 Å². The van der Waals surface area contributed by atoms with Crippen molar-refractivity contribution in [2.45, 2.75) is 25.4 Å². The van der Waals surface area contributed by atoms with Crippen molar-refractivity contribution in [3.05, 3.63) is 47.5 Å². The lowest BCUT2D eigenvalue weighted by molar-refractivity contribution is 0.0916. The highest BCUT2D eigenvalue weighted by Crippen LogP contribution is 2.36. The van der Waals surface area contributed by atoms with Gasteiger partial charge in [0.1, 0.15) is 24.1 Å². The van der Waals surface area contributed by atoms with Gasteiger partial charge in [-0.15, -0.1) is 0 Å². The first-order chi connectivity index (χ1) is 18.0. The molecule has 0 bridgehead atoms. The van der Waals surface area contributed by atoms with Crippen LogP contribution in [0.3, 0.4) is 0 Å². The maximum atomic E-state index is 13.6. The number of ether oxygens (including phenoxy) is 2. The van der Waals surface area contributed by atoms with Crippen LogP contribution in [-0.2, 0) is 0 Å². The zero-order chi connectivity index (χ0) is 25.8. The first kappa shape index (κ1) is 25.3. The SMILES string of the molecule is COc1cc2ncnc(Nc3ccc(F)c(Cl)c3)c2cc1OC1CCN(CCN2CCCNC2=O)CC1. The molecular formula is C26H30ClFN6O3. The molecule has 0 spiro atoms. The summed E-state index contributed by atoms with van der Waals surface area (Å²) in [5.41, 5.74) is 1.30. The Bertz CT molecular complexity index is 1270. The molecule has 3 aromatic rings. The second-order valence-corrected chi connectivity index (χ2v) is 9.63. The smallest absolute Gasteiger partial charge is 0.317 e. The molecule has 2 fully saturated rings. The van der Waals surface area contributed by atoms with Crippen LogP contribution in [0.1, 0.15) is 19.3 Å². The molecule has 2 aliphatic heterocycles. The number of rotatable bonds is 8. The van der Waals surface area contributed by atoms with E-state index in [9.17, 15) is 9.18 Å². The van der Waals surface area contributed by atoms with Gasteiger partial charge in [0, 0.05) is 56.4 Å². The maximum absolute atomic E-state index is 13.6. The number of hydrogen-bond acceptors (Lipinski definition) is 7. The molecule has 0 unspecified atom stereocenters. The van der Waals surface area contributed by atoms with Gasteiger partial charge in [-0.05, 0) is 43.5 Å². The Morgan fingerprint density at radius 3 is 2.73 bits per heavy atom. The van der Waals surface area contributed by atoms with Gasteiger partial charge >= 0.3 is 6.03 Å². The fourth-order valence-corrected chi connectivity index (χ4v) is 4.89. The summed E-state index contributed by atoms with van der Waals surface area (Å²) in [6.45, 7) is 4.99. The molecule has 2 aromatic carbocycles.